The van der Waals surface area contributed by atoms with Gasteiger partial charge in [-0.05, 0) is 0 Å². The van der Waals surface area contributed by atoms with Gasteiger partial charge in [-0.25, -0.2) is 0 Å². The molecule has 1 aliphatic carbocycles. The molecule has 0 fully saturated rings. The minimum atomic E-state index is -0.475. The van der Waals surface area contributed by atoms with Crippen LogP contribution in [0.15, 0.2) is 45.5 Å². The number of aryl methyl sites for hydroxylation is 2. The quantitative estimate of drug-likeness (QED) is 0.562. The van der Waals surface area contributed by atoms with Crippen molar-refractivity contribution in [3.8, 4) is 0 Å². The fourth-order valence-electron chi connectivity index (χ4n) is 2.75. The number of hydrogen-bond acceptors (Lipinski definition) is 1. The Bertz CT molecular complexity index is 644. The van der Waals surface area contributed by atoms with Crippen LogP contribution in [0.2, 0.25) is 0 Å². The first-order valence-corrected chi connectivity index (χ1v) is 10.3. The maximum absolute atomic E-state index is 5.03. The normalized spacial score (nSPS) is 14.5. The Labute approximate surface area is 143 Å². The molecule has 0 aliphatic heterocycles. The topological polar surface area (TPSA) is 12.4 Å². The Kier molecular flexibility index (Phi) is 6.38. The molecule has 0 saturated carbocycles. The Morgan fingerprint density at radius 2 is 2.14 bits per heavy atom. The SMILES string of the molecule is CCCc1cccc(C)c1[N]=[Mo]=[CH]C(C)(C)C1=CC=CCC1. The predicted octanol–water partition coefficient (Wildman–Crippen LogP) is 5.95. The summed E-state index contributed by atoms with van der Waals surface area (Å²) in [6.45, 7) is 9.10. The summed E-state index contributed by atoms with van der Waals surface area (Å²) in [6.07, 6.45) is 11.4. The molecule has 1 aliphatic rings. The van der Waals surface area contributed by atoms with Crippen LogP contribution in [0.1, 0.15) is 51.2 Å². The second-order valence-corrected chi connectivity index (χ2v) is 8.07. The Morgan fingerprint density at radius 3 is 2.82 bits per heavy atom. The van der Waals surface area contributed by atoms with Crippen LogP contribution in [0.4, 0.5) is 5.69 Å². The zero-order chi connectivity index (χ0) is 16.0. The van der Waals surface area contributed by atoms with E-state index in [4.69, 9.17) is 3.50 Å². The van der Waals surface area contributed by atoms with Crippen molar-refractivity contribution >= 4 is 10.1 Å². The van der Waals surface area contributed by atoms with Crippen LogP contribution < -0.4 is 0 Å². The molecule has 1 nitrogen and oxygen atoms in total. The van der Waals surface area contributed by atoms with Crippen LogP contribution in [0, 0.1) is 12.3 Å². The molecule has 1 aromatic carbocycles. The molecule has 118 valence electrons. The molecule has 0 N–H and O–H groups in total. The molecule has 0 atom stereocenters. The van der Waals surface area contributed by atoms with Gasteiger partial charge in [0.05, 0.1) is 0 Å². The molecule has 0 aromatic heterocycles. The third-order valence-corrected chi connectivity index (χ3v) is 6.59. The Balaban J connectivity index is 2.27. The summed E-state index contributed by atoms with van der Waals surface area (Å²) >= 11 is -0.475. The summed E-state index contributed by atoms with van der Waals surface area (Å²) in [5.74, 6) is 0. The van der Waals surface area contributed by atoms with Gasteiger partial charge < -0.3 is 0 Å². The Morgan fingerprint density at radius 1 is 1.32 bits per heavy atom. The maximum atomic E-state index is 5.03. The third-order valence-electron chi connectivity index (χ3n) is 4.17. The molecule has 22 heavy (non-hydrogen) atoms. The van der Waals surface area contributed by atoms with E-state index in [1.807, 2.05) is 0 Å². The second kappa shape index (κ2) is 8.06. The molecule has 2 rings (SSSR count). The number of benzene rings is 1. The second-order valence-electron chi connectivity index (χ2n) is 6.53. The zero-order valence-corrected chi connectivity index (χ0v) is 16.2. The monoisotopic (exact) mass is 379 g/mol. The Hall–Kier alpha value is -0.942. The number of allylic oxidation sites excluding steroid dienone is 4. The summed E-state index contributed by atoms with van der Waals surface area (Å²) in [7, 11) is 0. The van der Waals surface area contributed by atoms with Crippen LogP contribution in [0.5, 0.6) is 0 Å². The van der Waals surface area contributed by atoms with Gasteiger partial charge in [-0.15, -0.1) is 0 Å². The van der Waals surface area contributed by atoms with Gasteiger partial charge in [0.2, 0.25) is 0 Å². The van der Waals surface area contributed by atoms with Gasteiger partial charge in [0, 0.05) is 0 Å². The molecule has 0 amide bonds. The van der Waals surface area contributed by atoms with Crippen molar-refractivity contribution in [1.29, 1.82) is 0 Å². The van der Waals surface area contributed by atoms with Crippen LogP contribution in [-0.4, -0.2) is 4.40 Å². The summed E-state index contributed by atoms with van der Waals surface area (Å²) in [4.78, 5) is 0. The van der Waals surface area contributed by atoms with E-state index in [0.29, 0.717) is 0 Å². The van der Waals surface area contributed by atoms with Crippen molar-refractivity contribution in [2.75, 3.05) is 0 Å². The average Bonchev–Trinajstić information content (AvgIpc) is 2.51. The van der Waals surface area contributed by atoms with Gasteiger partial charge in [-0.1, -0.05) is 0 Å². The molecule has 0 spiro atoms. The van der Waals surface area contributed by atoms with E-state index in [1.165, 1.54) is 36.1 Å². The van der Waals surface area contributed by atoms with Crippen molar-refractivity contribution in [1.82, 2.24) is 0 Å². The fraction of sp³-hybridized carbons (Fsp3) is 0.450. The van der Waals surface area contributed by atoms with Crippen LogP contribution >= 0.6 is 0 Å². The van der Waals surface area contributed by atoms with E-state index < -0.39 is 17.9 Å². The first-order chi connectivity index (χ1) is 10.5. The molecule has 0 bridgehead atoms. The zero-order valence-electron chi connectivity index (χ0n) is 14.2. The average molecular weight is 377 g/mol. The first-order valence-electron chi connectivity index (χ1n) is 8.20. The summed E-state index contributed by atoms with van der Waals surface area (Å²) in [6, 6.07) is 6.58. The van der Waals surface area contributed by atoms with Gasteiger partial charge in [-0.2, -0.15) is 0 Å². The first kappa shape index (κ1) is 17.4. The molecule has 0 unspecified atom stereocenters. The van der Waals surface area contributed by atoms with Crippen LogP contribution in [-0.2, 0) is 24.3 Å². The van der Waals surface area contributed by atoms with E-state index in [9.17, 15) is 0 Å². The van der Waals surface area contributed by atoms with Crippen molar-refractivity contribution < 1.29 is 17.9 Å². The van der Waals surface area contributed by atoms with Gasteiger partial charge >= 0.3 is 143 Å². The van der Waals surface area contributed by atoms with E-state index >= 15 is 0 Å². The van der Waals surface area contributed by atoms with Crippen LogP contribution in [0.3, 0.4) is 0 Å². The molecule has 0 radical (unpaired) electrons. The number of nitrogens with zero attached hydrogens (tertiary/aromatic N) is 1. The standard InChI is InChI=1S/C10H13N.C10H14.Mo/c1-3-5-9-7-4-6-8(2)10(9)11;1-10(2,3)9-7-5-4-6-8-9;/h4,6-7H,3,5H2,1-2H3;1,4-5,7H,6,8H2,2-3H3;. The van der Waals surface area contributed by atoms with Gasteiger partial charge in [0.1, 0.15) is 0 Å². The molecule has 2 heteroatoms. The molecular weight excluding hydrogens is 350 g/mol. The minimum absolute atomic E-state index is 0.185. The van der Waals surface area contributed by atoms with E-state index in [2.05, 4.69) is 68.5 Å². The van der Waals surface area contributed by atoms with Gasteiger partial charge in [0.25, 0.3) is 0 Å². The van der Waals surface area contributed by atoms with E-state index in [0.717, 1.165) is 6.42 Å². The third kappa shape index (κ3) is 4.53. The molecule has 0 saturated heterocycles. The van der Waals surface area contributed by atoms with Gasteiger partial charge in [0.15, 0.2) is 0 Å². The molecular formula is C20H27MoN. The predicted molar refractivity (Wildman–Crippen MR) is 93.6 cm³/mol. The van der Waals surface area contributed by atoms with Gasteiger partial charge in [-0.3, -0.25) is 0 Å². The van der Waals surface area contributed by atoms with E-state index in [-0.39, 0.29) is 5.41 Å². The fourth-order valence-corrected chi connectivity index (χ4v) is 4.80. The number of hydrogen-bond donors (Lipinski definition) is 0. The van der Waals surface area contributed by atoms with Crippen molar-refractivity contribution in [3.63, 3.8) is 0 Å². The van der Waals surface area contributed by atoms with Crippen LogP contribution in [0.25, 0.3) is 0 Å². The molecule has 1 aromatic rings. The van der Waals surface area contributed by atoms with Crippen molar-refractivity contribution in [2.24, 2.45) is 8.91 Å². The van der Waals surface area contributed by atoms with Crippen molar-refractivity contribution in [3.05, 3.63) is 53.1 Å². The van der Waals surface area contributed by atoms with E-state index in [1.54, 1.807) is 5.57 Å². The summed E-state index contributed by atoms with van der Waals surface area (Å²) in [5.41, 5.74) is 5.73. The number of rotatable bonds is 5. The summed E-state index contributed by atoms with van der Waals surface area (Å²) < 4.78 is 7.52. The molecule has 0 heterocycles. The summed E-state index contributed by atoms with van der Waals surface area (Å²) in [5, 5.41) is 0. The van der Waals surface area contributed by atoms with Crippen molar-refractivity contribution in [2.45, 2.75) is 53.4 Å².